The first-order valence-electron chi connectivity index (χ1n) is 10.4. The van der Waals surface area contributed by atoms with Crippen LogP contribution in [0.3, 0.4) is 0 Å². The largest absolute Gasteiger partial charge is 0.495 e. The monoisotopic (exact) mass is 477 g/mol. The number of para-hydroxylation sites is 1. The van der Waals surface area contributed by atoms with Gasteiger partial charge in [0, 0.05) is 17.3 Å². The Labute approximate surface area is 197 Å². The summed E-state index contributed by atoms with van der Waals surface area (Å²) in [4.78, 5) is 12.6. The van der Waals surface area contributed by atoms with Gasteiger partial charge in [-0.3, -0.25) is 9.52 Å². The number of carbonyl (C=O) groups excluding carboxylic acids is 1. The molecule has 174 valence electrons. The molecule has 0 bridgehead atoms. The van der Waals surface area contributed by atoms with Crippen molar-refractivity contribution in [3.8, 4) is 17.0 Å². The number of benzene rings is 3. The highest BCUT2D eigenvalue weighted by atomic mass is 32.2. The zero-order chi connectivity index (χ0) is 24.3. The number of nitrogens with one attached hydrogen (secondary N) is 2. The van der Waals surface area contributed by atoms with Crippen molar-refractivity contribution < 1.29 is 22.5 Å². The molecule has 0 atom stereocenters. The van der Waals surface area contributed by atoms with Gasteiger partial charge in [0.25, 0.3) is 15.9 Å². The highest BCUT2D eigenvalue weighted by Gasteiger charge is 2.23. The second-order valence-electron chi connectivity index (χ2n) is 7.63. The van der Waals surface area contributed by atoms with Gasteiger partial charge in [-0.2, -0.15) is 0 Å². The molecule has 0 aliphatic rings. The maximum absolute atomic E-state index is 13.2. The Morgan fingerprint density at radius 1 is 0.941 bits per heavy atom. The molecular formula is C25H23N3O5S. The van der Waals surface area contributed by atoms with Gasteiger partial charge in [0.05, 0.1) is 12.8 Å². The minimum atomic E-state index is -4.02. The predicted octanol–water partition coefficient (Wildman–Crippen LogP) is 5.02. The molecule has 1 heterocycles. The Balaban J connectivity index is 1.60. The highest BCUT2D eigenvalue weighted by molar-refractivity contribution is 7.92. The number of amides is 1. The van der Waals surface area contributed by atoms with E-state index in [4.69, 9.17) is 9.26 Å². The molecule has 4 rings (SSSR count). The van der Waals surface area contributed by atoms with E-state index in [9.17, 15) is 13.2 Å². The lowest BCUT2D eigenvalue weighted by Crippen LogP contribution is -2.17. The molecule has 0 spiro atoms. The number of sulfonamides is 1. The minimum Gasteiger partial charge on any atom is -0.495 e. The lowest BCUT2D eigenvalue weighted by molar-refractivity contribution is 0.0988. The van der Waals surface area contributed by atoms with Crippen LogP contribution in [0.1, 0.15) is 21.7 Å². The molecule has 0 saturated carbocycles. The molecule has 3 aromatic carbocycles. The van der Waals surface area contributed by atoms with Crippen molar-refractivity contribution in [2.45, 2.75) is 18.7 Å². The predicted molar refractivity (Wildman–Crippen MR) is 130 cm³/mol. The van der Waals surface area contributed by atoms with Crippen molar-refractivity contribution in [1.29, 1.82) is 0 Å². The van der Waals surface area contributed by atoms with Crippen molar-refractivity contribution in [3.05, 3.63) is 89.7 Å². The van der Waals surface area contributed by atoms with E-state index in [0.29, 0.717) is 11.4 Å². The Morgan fingerprint density at radius 2 is 1.65 bits per heavy atom. The number of aromatic nitrogens is 1. The van der Waals surface area contributed by atoms with E-state index in [1.54, 1.807) is 6.07 Å². The molecule has 8 nitrogen and oxygen atoms in total. The fraction of sp³-hybridized carbons (Fsp3) is 0.120. The SMILES string of the molecule is COc1ccc(NC(=O)c2cc(-c3ccccc3)no2)cc1S(=O)(=O)Nc1c(C)cccc1C. The molecule has 2 N–H and O–H groups in total. The van der Waals surface area contributed by atoms with Crippen LogP contribution < -0.4 is 14.8 Å². The Hall–Kier alpha value is -4.11. The first-order valence-corrected chi connectivity index (χ1v) is 11.9. The van der Waals surface area contributed by atoms with Crippen LogP contribution in [0.5, 0.6) is 5.75 Å². The summed E-state index contributed by atoms with van der Waals surface area (Å²) in [6.07, 6.45) is 0. The van der Waals surface area contributed by atoms with E-state index in [0.717, 1.165) is 16.7 Å². The number of hydrogen-bond acceptors (Lipinski definition) is 6. The summed E-state index contributed by atoms with van der Waals surface area (Å²) in [7, 11) is -2.64. The Kier molecular flexibility index (Phi) is 6.38. The quantitative estimate of drug-likeness (QED) is 0.387. The molecule has 1 amide bonds. The fourth-order valence-corrected chi connectivity index (χ4v) is 4.85. The summed E-state index contributed by atoms with van der Waals surface area (Å²) in [5, 5.41) is 6.59. The number of rotatable bonds is 7. The van der Waals surface area contributed by atoms with Crippen LogP contribution in [0, 0.1) is 13.8 Å². The summed E-state index contributed by atoms with van der Waals surface area (Å²) < 4.78 is 39.5. The van der Waals surface area contributed by atoms with Crippen molar-refractivity contribution in [2.75, 3.05) is 17.1 Å². The van der Waals surface area contributed by atoms with Gasteiger partial charge in [0.2, 0.25) is 5.76 Å². The molecule has 0 aliphatic heterocycles. The van der Waals surface area contributed by atoms with E-state index in [-0.39, 0.29) is 22.1 Å². The van der Waals surface area contributed by atoms with Gasteiger partial charge in [0.15, 0.2) is 0 Å². The number of aryl methyl sites for hydroxylation is 2. The Bertz CT molecular complexity index is 1430. The van der Waals surface area contributed by atoms with Gasteiger partial charge in [-0.15, -0.1) is 0 Å². The summed E-state index contributed by atoms with van der Waals surface area (Å²) >= 11 is 0. The Morgan fingerprint density at radius 3 is 2.32 bits per heavy atom. The fourth-order valence-electron chi connectivity index (χ4n) is 3.45. The van der Waals surface area contributed by atoms with Gasteiger partial charge in [-0.25, -0.2) is 8.42 Å². The summed E-state index contributed by atoms with van der Waals surface area (Å²) in [5.41, 5.74) is 3.64. The van der Waals surface area contributed by atoms with Crippen molar-refractivity contribution in [1.82, 2.24) is 5.16 Å². The molecule has 1 aromatic heterocycles. The smallest absolute Gasteiger partial charge is 0.294 e. The van der Waals surface area contributed by atoms with E-state index < -0.39 is 15.9 Å². The third kappa shape index (κ3) is 4.79. The third-order valence-corrected chi connectivity index (χ3v) is 6.60. The van der Waals surface area contributed by atoms with Gasteiger partial charge in [0.1, 0.15) is 16.3 Å². The molecule has 0 unspecified atom stereocenters. The average Bonchev–Trinajstić information content (AvgIpc) is 3.33. The topological polar surface area (TPSA) is 111 Å². The highest BCUT2D eigenvalue weighted by Crippen LogP contribution is 2.31. The number of nitrogens with zero attached hydrogens (tertiary/aromatic N) is 1. The van der Waals surface area contributed by atoms with Crippen LogP contribution in [0.4, 0.5) is 11.4 Å². The first kappa shape index (κ1) is 23.1. The number of anilines is 2. The maximum atomic E-state index is 13.2. The number of carbonyl (C=O) groups is 1. The summed E-state index contributed by atoms with van der Waals surface area (Å²) in [5.74, 6) is -0.429. The normalized spacial score (nSPS) is 11.1. The molecule has 0 aliphatic carbocycles. The zero-order valence-corrected chi connectivity index (χ0v) is 19.6. The second kappa shape index (κ2) is 9.40. The van der Waals surface area contributed by atoms with Gasteiger partial charge < -0.3 is 14.6 Å². The minimum absolute atomic E-state index is 0.00672. The van der Waals surface area contributed by atoms with Crippen LogP contribution >= 0.6 is 0 Å². The maximum Gasteiger partial charge on any atom is 0.294 e. The molecule has 0 radical (unpaired) electrons. The third-order valence-electron chi connectivity index (χ3n) is 5.23. The second-order valence-corrected chi connectivity index (χ2v) is 9.29. The summed E-state index contributed by atoms with van der Waals surface area (Å²) in [6.45, 7) is 3.64. The number of ether oxygens (including phenoxy) is 1. The van der Waals surface area contributed by atoms with Gasteiger partial charge in [-0.1, -0.05) is 53.7 Å². The lowest BCUT2D eigenvalue weighted by atomic mass is 10.1. The summed E-state index contributed by atoms with van der Waals surface area (Å²) in [6, 6.07) is 20.7. The lowest BCUT2D eigenvalue weighted by Gasteiger charge is -2.16. The van der Waals surface area contributed by atoms with Crippen LogP contribution in [0.15, 0.2) is 82.2 Å². The van der Waals surface area contributed by atoms with Crippen LogP contribution in [0.2, 0.25) is 0 Å². The van der Waals surface area contributed by atoms with E-state index in [2.05, 4.69) is 15.2 Å². The molecule has 34 heavy (non-hydrogen) atoms. The van der Waals surface area contributed by atoms with Crippen LogP contribution in [-0.2, 0) is 10.0 Å². The standard InChI is InChI=1S/C25H23N3O5S/c1-16-8-7-9-17(2)24(16)28-34(30,31)23-14-19(12-13-21(23)32-3)26-25(29)22-15-20(27-33-22)18-10-5-4-6-11-18/h4-15,28H,1-3H3,(H,26,29). The molecule has 0 saturated heterocycles. The molecule has 4 aromatic rings. The van der Waals surface area contributed by atoms with E-state index in [1.165, 1.54) is 25.3 Å². The number of hydrogen-bond donors (Lipinski definition) is 2. The zero-order valence-electron chi connectivity index (χ0n) is 18.8. The average molecular weight is 478 g/mol. The number of methoxy groups -OCH3 is 1. The van der Waals surface area contributed by atoms with Gasteiger partial charge >= 0.3 is 0 Å². The van der Waals surface area contributed by atoms with E-state index in [1.807, 2.05) is 62.4 Å². The first-order chi connectivity index (χ1) is 16.3. The molecule has 9 heteroatoms. The van der Waals surface area contributed by atoms with E-state index >= 15 is 0 Å². The van der Waals surface area contributed by atoms with Crippen molar-refractivity contribution in [3.63, 3.8) is 0 Å². The van der Waals surface area contributed by atoms with Crippen LogP contribution in [0.25, 0.3) is 11.3 Å². The van der Waals surface area contributed by atoms with Gasteiger partial charge in [-0.05, 0) is 43.2 Å². The van der Waals surface area contributed by atoms with Crippen LogP contribution in [-0.4, -0.2) is 26.6 Å². The van der Waals surface area contributed by atoms with Crippen molar-refractivity contribution >= 4 is 27.3 Å². The van der Waals surface area contributed by atoms with Crippen molar-refractivity contribution in [2.24, 2.45) is 0 Å². The molecule has 0 fully saturated rings. The molecular weight excluding hydrogens is 454 g/mol.